The lowest BCUT2D eigenvalue weighted by atomic mass is 10.3. The molecule has 1 rings (SSSR count). The molecule has 0 radical (unpaired) electrons. The summed E-state index contributed by atoms with van der Waals surface area (Å²) in [6.07, 6.45) is -0.0626. The summed E-state index contributed by atoms with van der Waals surface area (Å²) < 4.78 is 4.69. The monoisotopic (exact) mass is 158 g/mol. The van der Waals surface area contributed by atoms with Gasteiger partial charge in [0.2, 0.25) is 0 Å². The molecule has 1 N–H and O–H groups in total. The predicted molar refractivity (Wildman–Crippen MR) is 41.0 cm³/mol. The van der Waals surface area contributed by atoms with Crippen LogP contribution in [0.15, 0.2) is 17.5 Å². The third-order valence-corrected chi connectivity index (χ3v) is 2.13. The third kappa shape index (κ3) is 2.10. The van der Waals surface area contributed by atoms with Crippen molar-refractivity contribution in [3.63, 3.8) is 0 Å². The zero-order valence-corrected chi connectivity index (χ0v) is 6.60. The standard InChI is InChI=1S/C7H10O2S/c1-9-7(8)5-6-3-2-4-10-6/h2-4,7-8H,5H2,1H3. The Hall–Kier alpha value is -0.380. The van der Waals surface area contributed by atoms with Crippen LogP contribution in [0.4, 0.5) is 0 Å². The highest BCUT2D eigenvalue weighted by atomic mass is 32.1. The summed E-state index contributed by atoms with van der Waals surface area (Å²) in [5.41, 5.74) is 0. The number of aliphatic hydroxyl groups excluding tert-OH is 1. The van der Waals surface area contributed by atoms with Crippen LogP contribution < -0.4 is 0 Å². The van der Waals surface area contributed by atoms with Crippen molar-refractivity contribution in [2.45, 2.75) is 12.7 Å². The van der Waals surface area contributed by atoms with Crippen molar-refractivity contribution in [1.29, 1.82) is 0 Å². The molecule has 0 aromatic carbocycles. The van der Waals surface area contributed by atoms with E-state index in [4.69, 9.17) is 5.11 Å². The summed E-state index contributed by atoms with van der Waals surface area (Å²) in [4.78, 5) is 1.15. The summed E-state index contributed by atoms with van der Waals surface area (Å²) >= 11 is 1.63. The maximum atomic E-state index is 9.01. The molecule has 56 valence electrons. The van der Waals surface area contributed by atoms with Crippen molar-refractivity contribution in [1.82, 2.24) is 0 Å². The molecule has 1 aromatic rings. The minimum absolute atomic E-state index is 0.591. The highest BCUT2D eigenvalue weighted by Crippen LogP contribution is 2.10. The Bertz CT molecular complexity index is 172. The highest BCUT2D eigenvalue weighted by Gasteiger charge is 2.02. The summed E-state index contributed by atoms with van der Waals surface area (Å²) in [5.74, 6) is 0. The summed E-state index contributed by atoms with van der Waals surface area (Å²) in [6.45, 7) is 0. The van der Waals surface area contributed by atoms with Crippen LogP contribution in [0.3, 0.4) is 0 Å². The molecule has 0 fully saturated rings. The Labute approximate surface area is 64.1 Å². The van der Waals surface area contributed by atoms with E-state index in [2.05, 4.69) is 4.74 Å². The topological polar surface area (TPSA) is 29.5 Å². The van der Waals surface area contributed by atoms with E-state index in [9.17, 15) is 0 Å². The fraction of sp³-hybridized carbons (Fsp3) is 0.429. The normalized spacial score (nSPS) is 13.4. The van der Waals surface area contributed by atoms with E-state index < -0.39 is 6.29 Å². The van der Waals surface area contributed by atoms with Crippen LogP contribution in [-0.2, 0) is 11.2 Å². The minimum Gasteiger partial charge on any atom is -0.368 e. The molecule has 1 heterocycles. The number of rotatable bonds is 3. The molecule has 0 amide bonds. The number of thiophene rings is 1. The van der Waals surface area contributed by atoms with Crippen molar-refractivity contribution in [3.8, 4) is 0 Å². The van der Waals surface area contributed by atoms with Gasteiger partial charge in [-0.2, -0.15) is 0 Å². The van der Waals surface area contributed by atoms with Crippen LogP contribution in [0.2, 0.25) is 0 Å². The number of methoxy groups -OCH3 is 1. The minimum atomic E-state index is -0.654. The lowest BCUT2D eigenvalue weighted by Gasteiger charge is -2.04. The van der Waals surface area contributed by atoms with Crippen LogP contribution in [0.1, 0.15) is 4.88 Å². The molecular formula is C7H10O2S. The molecule has 0 spiro atoms. The largest absolute Gasteiger partial charge is 0.368 e. The number of hydrogen-bond acceptors (Lipinski definition) is 3. The second-order valence-electron chi connectivity index (χ2n) is 1.97. The highest BCUT2D eigenvalue weighted by molar-refractivity contribution is 7.09. The summed E-state index contributed by atoms with van der Waals surface area (Å²) in [7, 11) is 1.50. The average Bonchev–Trinajstić information content (AvgIpc) is 2.40. The van der Waals surface area contributed by atoms with E-state index in [1.165, 1.54) is 7.11 Å². The van der Waals surface area contributed by atoms with Gasteiger partial charge in [-0.15, -0.1) is 11.3 Å². The Balaban J connectivity index is 2.40. The van der Waals surface area contributed by atoms with Crippen LogP contribution in [-0.4, -0.2) is 18.5 Å². The van der Waals surface area contributed by atoms with E-state index in [0.717, 1.165) is 4.88 Å². The van der Waals surface area contributed by atoms with Crippen LogP contribution in [0, 0.1) is 0 Å². The quantitative estimate of drug-likeness (QED) is 0.671. The molecule has 2 nitrogen and oxygen atoms in total. The zero-order valence-electron chi connectivity index (χ0n) is 5.78. The van der Waals surface area contributed by atoms with E-state index in [0.29, 0.717) is 6.42 Å². The Morgan fingerprint density at radius 1 is 1.80 bits per heavy atom. The smallest absolute Gasteiger partial charge is 0.158 e. The van der Waals surface area contributed by atoms with E-state index in [-0.39, 0.29) is 0 Å². The molecule has 0 saturated carbocycles. The lowest BCUT2D eigenvalue weighted by Crippen LogP contribution is -2.11. The van der Waals surface area contributed by atoms with Crippen molar-refractivity contribution in [3.05, 3.63) is 22.4 Å². The van der Waals surface area contributed by atoms with Crippen molar-refractivity contribution < 1.29 is 9.84 Å². The van der Waals surface area contributed by atoms with Gasteiger partial charge >= 0.3 is 0 Å². The van der Waals surface area contributed by atoms with Crippen LogP contribution in [0.5, 0.6) is 0 Å². The molecule has 1 unspecified atom stereocenters. The molecule has 1 atom stereocenters. The second kappa shape index (κ2) is 3.71. The molecule has 3 heteroatoms. The van der Waals surface area contributed by atoms with E-state index in [1.54, 1.807) is 11.3 Å². The van der Waals surface area contributed by atoms with Gasteiger partial charge in [-0.05, 0) is 11.4 Å². The van der Waals surface area contributed by atoms with Crippen molar-refractivity contribution in [2.24, 2.45) is 0 Å². The van der Waals surface area contributed by atoms with Gasteiger partial charge in [0.05, 0.1) is 0 Å². The third-order valence-electron chi connectivity index (χ3n) is 1.23. The molecule has 0 bridgehead atoms. The van der Waals surface area contributed by atoms with Gasteiger partial charge in [0.1, 0.15) is 0 Å². The first-order valence-electron chi connectivity index (χ1n) is 3.06. The van der Waals surface area contributed by atoms with E-state index in [1.807, 2.05) is 17.5 Å². The van der Waals surface area contributed by atoms with Gasteiger partial charge in [0.25, 0.3) is 0 Å². The second-order valence-corrected chi connectivity index (χ2v) is 3.01. The van der Waals surface area contributed by atoms with Crippen LogP contribution in [0.25, 0.3) is 0 Å². The van der Waals surface area contributed by atoms with E-state index >= 15 is 0 Å². The first-order valence-corrected chi connectivity index (χ1v) is 3.94. The maximum Gasteiger partial charge on any atom is 0.158 e. The SMILES string of the molecule is COC(O)Cc1cccs1. The van der Waals surface area contributed by atoms with Crippen LogP contribution >= 0.6 is 11.3 Å². The maximum absolute atomic E-state index is 9.01. The zero-order chi connectivity index (χ0) is 7.40. The van der Waals surface area contributed by atoms with Gasteiger partial charge in [-0.1, -0.05) is 6.07 Å². The lowest BCUT2D eigenvalue weighted by molar-refractivity contribution is -0.0715. The fourth-order valence-electron chi connectivity index (χ4n) is 0.684. The van der Waals surface area contributed by atoms with Gasteiger partial charge in [-0.3, -0.25) is 0 Å². The molecule has 0 saturated heterocycles. The first kappa shape index (κ1) is 7.72. The number of hydrogen-bond donors (Lipinski definition) is 1. The molecule has 0 aliphatic carbocycles. The summed E-state index contributed by atoms with van der Waals surface area (Å²) in [6, 6.07) is 3.94. The molecule has 1 aromatic heterocycles. The number of aliphatic hydroxyl groups is 1. The van der Waals surface area contributed by atoms with Gasteiger partial charge in [0, 0.05) is 18.4 Å². The first-order chi connectivity index (χ1) is 4.83. The number of ether oxygens (including phenoxy) is 1. The molecule has 10 heavy (non-hydrogen) atoms. The average molecular weight is 158 g/mol. The molecule has 0 aliphatic rings. The Morgan fingerprint density at radius 3 is 3.10 bits per heavy atom. The predicted octanol–water partition coefficient (Wildman–Crippen LogP) is 1.26. The van der Waals surface area contributed by atoms with Gasteiger partial charge < -0.3 is 9.84 Å². The molecule has 0 aliphatic heterocycles. The van der Waals surface area contributed by atoms with Gasteiger partial charge in [0.15, 0.2) is 6.29 Å². The van der Waals surface area contributed by atoms with Crippen molar-refractivity contribution >= 4 is 11.3 Å². The summed E-state index contributed by atoms with van der Waals surface area (Å²) in [5, 5.41) is 11.0. The fourth-order valence-corrected chi connectivity index (χ4v) is 1.41. The van der Waals surface area contributed by atoms with Crippen molar-refractivity contribution in [2.75, 3.05) is 7.11 Å². The Morgan fingerprint density at radius 2 is 2.60 bits per heavy atom. The molecular weight excluding hydrogens is 148 g/mol. The van der Waals surface area contributed by atoms with Gasteiger partial charge in [-0.25, -0.2) is 0 Å². The Kier molecular flexibility index (Phi) is 2.86.